The number of nitrogens with one attached hydrogen (secondary N) is 1. The number of carbonyl (C=O) groups is 1. The molecule has 2 amide bonds. The first kappa shape index (κ1) is 17.3. The fourth-order valence-corrected chi connectivity index (χ4v) is 2.99. The molecular weight excluding hydrogens is 318 g/mol. The average Bonchev–Trinajstić information content (AvgIpc) is 3.41. The molecule has 1 N–H and O–H groups in total. The zero-order valence-electron chi connectivity index (χ0n) is 15.2. The summed E-state index contributed by atoms with van der Waals surface area (Å²) in [6, 6.07) is 7.86. The van der Waals surface area contributed by atoms with Crippen LogP contribution < -0.4 is 10.1 Å². The Hall–Kier alpha value is -2.50. The van der Waals surface area contributed by atoms with Gasteiger partial charge in [-0.15, -0.1) is 0 Å². The Balaban J connectivity index is 1.68. The fourth-order valence-electron chi connectivity index (χ4n) is 2.99. The van der Waals surface area contributed by atoms with Gasteiger partial charge in [0, 0.05) is 12.6 Å². The summed E-state index contributed by atoms with van der Waals surface area (Å²) < 4.78 is 10.4. The molecule has 1 fully saturated rings. The Morgan fingerprint density at radius 2 is 2.04 bits per heavy atom. The number of benzene rings is 1. The zero-order chi connectivity index (χ0) is 18.0. The third kappa shape index (κ3) is 3.95. The molecule has 0 saturated heterocycles. The number of amides is 2. The monoisotopic (exact) mass is 343 g/mol. The van der Waals surface area contributed by atoms with E-state index in [1.807, 2.05) is 38.1 Å². The van der Waals surface area contributed by atoms with Crippen LogP contribution in [0.25, 0.3) is 0 Å². The van der Waals surface area contributed by atoms with E-state index in [9.17, 15) is 4.79 Å². The number of ether oxygens (including phenoxy) is 1. The maximum atomic E-state index is 12.7. The summed E-state index contributed by atoms with van der Waals surface area (Å²) in [5.74, 6) is 2.08. The molecule has 25 heavy (non-hydrogen) atoms. The van der Waals surface area contributed by atoms with Gasteiger partial charge < -0.3 is 19.5 Å². The van der Waals surface area contributed by atoms with E-state index in [-0.39, 0.29) is 12.1 Å². The van der Waals surface area contributed by atoms with E-state index in [0.29, 0.717) is 12.5 Å². The molecule has 1 aromatic heterocycles. The number of nitrogens with zero attached hydrogens (tertiary/aromatic N) is 2. The van der Waals surface area contributed by atoms with Crippen LogP contribution in [0.3, 0.4) is 0 Å². The Morgan fingerprint density at radius 3 is 2.56 bits per heavy atom. The number of urea groups is 1. The molecule has 0 bridgehead atoms. The van der Waals surface area contributed by atoms with Crippen molar-refractivity contribution in [2.24, 2.45) is 5.92 Å². The molecule has 6 heteroatoms. The van der Waals surface area contributed by atoms with Crippen LogP contribution in [0, 0.1) is 19.8 Å². The quantitative estimate of drug-likeness (QED) is 0.870. The molecule has 2 aromatic rings. The van der Waals surface area contributed by atoms with Gasteiger partial charge in [0.05, 0.1) is 25.4 Å². The van der Waals surface area contributed by atoms with Gasteiger partial charge in [-0.3, -0.25) is 0 Å². The van der Waals surface area contributed by atoms with Gasteiger partial charge in [-0.25, -0.2) is 4.79 Å². The van der Waals surface area contributed by atoms with E-state index in [0.717, 1.165) is 41.2 Å². The van der Waals surface area contributed by atoms with Gasteiger partial charge in [-0.1, -0.05) is 17.3 Å². The number of aryl methyl sites for hydroxylation is 2. The van der Waals surface area contributed by atoms with Crippen molar-refractivity contribution in [3.8, 4) is 5.75 Å². The van der Waals surface area contributed by atoms with Crippen LogP contribution in [0.15, 0.2) is 28.8 Å². The van der Waals surface area contributed by atoms with Crippen molar-refractivity contribution in [3.63, 3.8) is 0 Å². The van der Waals surface area contributed by atoms with Crippen LogP contribution in [-0.2, 0) is 6.54 Å². The number of hydrogen-bond donors (Lipinski definition) is 1. The van der Waals surface area contributed by atoms with Crippen molar-refractivity contribution >= 4 is 6.03 Å². The second-order valence-electron chi connectivity index (χ2n) is 6.70. The topological polar surface area (TPSA) is 67.6 Å². The molecule has 1 atom stereocenters. The van der Waals surface area contributed by atoms with Gasteiger partial charge in [-0.2, -0.15) is 0 Å². The minimum Gasteiger partial charge on any atom is -0.497 e. The number of carbonyl (C=O) groups excluding carboxylic acids is 1. The summed E-state index contributed by atoms with van der Waals surface area (Å²) in [5, 5.41) is 7.13. The van der Waals surface area contributed by atoms with Crippen LogP contribution in [0.4, 0.5) is 4.79 Å². The normalized spacial score (nSPS) is 14.9. The highest BCUT2D eigenvalue weighted by Gasteiger charge is 2.34. The average molecular weight is 343 g/mol. The van der Waals surface area contributed by atoms with Crippen molar-refractivity contribution in [1.29, 1.82) is 0 Å². The summed E-state index contributed by atoms with van der Waals surface area (Å²) in [7, 11) is 3.44. The van der Waals surface area contributed by atoms with E-state index in [1.54, 1.807) is 19.1 Å². The summed E-state index contributed by atoms with van der Waals surface area (Å²) in [6.45, 7) is 4.24. The number of aromatic nitrogens is 1. The van der Waals surface area contributed by atoms with Crippen LogP contribution in [0.1, 0.15) is 41.5 Å². The van der Waals surface area contributed by atoms with Crippen LogP contribution in [-0.4, -0.2) is 30.2 Å². The van der Waals surface area contributed by atoms with Gasteiger partial charge in [-0.05, 0) is 50.3 Å². The molecule has 1 aliphatic carbocycles. The third-order valence-electron chi connectivity index (χ3n) is 4.77. The number of rotatable bonds is 6. The lowest BCUT2D eigenvalue weighted by Gasteiger charge is -2.24. The van der Waals surface area contributed by atoms with Crippen molar-refractivity contribution in [3.05, 3.63) is 46.8 Å². The highest BCUT2D eigenvalue weighted by Crippen LogP contribution is 2.41. The highest BCUT2D eigenvalue weighted by atomic mass is 16.5. The fraction of sp³-hybridized carbons (Fsp3) is 0.474. The molecule has 6 nitrogen and oxygen atoms in total. The highest BCUT2D eigenvalue weighted by molar-refractivity contribution is 5.74. The van der Waals surface area contributed by atoms with Gasteiger partial charge in [0.15, 0.2) is 0 Å². The maximum absolute atomic E-state index is 12.7. The van der Waals surface area contributed by atoms with Gasteiger partial charge in [0.25, 0.3) is 0 Å². The van der Waals surface area contributed by atoms with Crippen LogP contribution in [0.2, 0.25) is 0 Å². The summed E-state index contributed by atoms with van der Waals surface area (Å²) in [6.07, 6.45) is 2.29. The molecule has 0 spiro atoms. The second-order valence-corrected chi connectivity index (χ2v) is 6.70. The summed E-state index contributed by atoms with van der Waals surface area (Å²) >= 11 is 0. The Kier molecular flexibility index (Phi) is 4.97. The van der Waals surface area contributed by atoms with Gasteiger partial charge in [0.2, 0.25) is 0 Å². The predicted molar refractivity (Wildman–Crippen MR) is 94.4 cm³/mol. The second kappa shape index (κ2) is 7.17. The summed E-state index contributed by atoms with van der Waals surface area (Å²) in [5.41, 5.74) is 2.90. The lowest BCUT2D eigenvalue weighted by molar-refractivity contribution is 0.201. The molecule has 1 aliphatic rings. The van der Waals surface area contributed by atoms with E-state index in [4.69, 9.17) is 9.26 Å². The molecule has 3 rings (SSSR count). The first-order chi connectivity index (χ1) is 12.0. The lowest BCUT2D eigenvalue weighted by atomic mass is 10.0. The van der Waals surface area contributed by atoms with Crippen molar-refractivity contribution < 1.29 is 14.1 Å². The van der Waals surface area contributed by atoms with E-state index in [1.165, 1.54) is 0 Å². The standard InChI is InChI=1S/C19H25N3O3/c1-12-17(13(2)25-21-12)11-22(3)19(23)20-18(14-5-6-14)15-7-9-16(24-4)10-8-15/h7-10,14,18H,5-6,11H2,1-4H3,(H,20,23)/t18-/m1/s1. The molecular formula is C19H25N3O3. The Labute approximate surface area is 148 Å². The van der Waals surface area contributed by atoms with Crippen LogP contribution in [0.5, 0.6) is 5.75 Å². The van der Waals surface area contributed by atoms with E-state index >= 15 is 0 Å². The smallest absolute Gasteiger partial charge is 0.317 e. The minimum absolute atomic E-state index is 0.0329. The maximum Gasteiger partial charge on any atom is 0.317 e. The van der Waals surface area contributed by atoms with Crippen LogP contribution >= 0.6 is 0 Å². The number of methoxy groups -OCH3 is 1. The first-order valence-corrected chi connectivity index (χ1v) is 8.57. The molecule has 0 aliphatic heterocycles. The van der Waals surface area contributed by atoms with Crippen molar-refractivity contribution in [1.82, 2.24) is 15.4 Å². The third-order valence-corrected chi connectivity index (χ3v) is 4.77. The SMILES string of the molecule is COc1ccc([C@H](NC(=O)N(C)Cc2c(C)noc2C)C2CC2)cc1. The van der Waals surface area contributed by atoms with Gasteiger partial charge >= 0.3 is 6.03 Å². The molecule has 1 saturated carbocycles. The largest absolute Gasteiger partial charge is 0.497 e. The molecule has 1 aromatic carbocycles. The Bertz CT molecular complexity index is 715. The molecule has 0 radical (unpaired) electrons. The predicted octanol–water partition coefficient (Wildman–Crippen LogP) is 3.59. The zero-order valence-corrected chi connectivity index (χ0v) is 15.2. The Morgan fingerprint density at radius 1 is 1.36 bits per heavy atom. The minimum atomic E-state index is -0.0901. The van der Waals surface area contributed by atoms with Gasteiger partial charge in [0.1, 0.15) is 11.5 Å². The van der Waals surface area contributed by atoms with E-state index < -0.39 is 0 Å². The van der Waals surface area contributed by atoms with Crippen molar-refractivity contribution in [2.75, 3.05) is 14.2 Å². The van der Waals surface area contributed by atoms with Crippen molar-refractivity contribution in [2.45, 2.75) is 39.3 Å². The van der Waals surface area contributed by atoms with E-state index in [2.05, 4.69) is 10.5 Å². The lowest BCUT2D eigenvalue weighted by Crippen LogP contribution is -2.39. The number of hydrogen-bond acceptors (Lipinski definition) is 4. The summed E-state index contributed by atoms with van der Waals surface area (Å²) in [4.78, 5) is 14.3. The molecule has 1 heterocycles. The first-order valence-electron chi connectivity index (χ1n) is 8.57. The molecule has 0 unspecified atom stereocenters. The molecule has 134 valence electrons.